The number of pyridine rings is 1. The first-order valence-corrected chi connectivity index (χ1v) is 11.9. The van der Waals surface area contributed by atoms with Gasteiger partial charge in [0.1, 0.15) is 6.10 Å². The average Bonchev–Trinajstić information content (AvgIpc) is 3.44. The first-order chi connectivity index (χ1) is 16.8. The number of aliphatic hydroxyl groups excluding tert-OH is 1. The van der Waals surface area contributed by atoms with Crippen LogP contribution in [0.25, 0.3) is 34.3 Å². The minimum absolute atomic E-state index is 0.0168. The number of aliphatic hydroxyl groups is 1. The zero-order valence-corrected chi connectivity index (χ0v) is 21.1. The van der Waals surface area contributed by atoms with Crippen LogP contribution in [0.4, 0.5) is 0 Å². The van der Waals surface area contributed by atoms with Crippen LogP contribution in [0, 0.1) is 13.8 Å². The van der Waals surface area contributed by atoms with Crippen LogP contribution in [-0.4, -0.2) is 71.1 Å². The van der Waals surface area contributed by atoms with Gasteiger partial charge >= 0.3 is 0 Å². The number of nitrogens with one attached hydrogen (secondary N) is 1. The zero-order valence-electron chi connectivity index (χ0n) is 21.1. The summed E-state index contributed by atoms with van der Waals surface area (Å²) < 4.78 is 10.2. The fourth-order valence-corrected chi connectivity index (χ4v) is 4.84. The molecule has 0 radical (unpaired) electrons. The maximum atomic E-state index is 9.85. The molecule has 2 atom stereocenters. The molecule has 2 bridgehead atoms. The van der Waals surface area contributed by atoms with Gasteiger partial charge in [-0.05, 0) is 53.0 Å². The van der Waals surface area contributed by atoms with Gasteiger partial charge in [-0.3, -0.25) is 19.7 Å². The summed E-state index contributed by atoms with van der Waals surface area (Å²) in [6, 6.07) is 1.91. The van der Waals surface area contributed by atoms with Crippen LogP contribution in [0.15, 0.2) is 12.3 Å². The van der Waals surface area contributed by atoms with Gasteiger partial charge in [0.15, 0.2) is 0 Å². The number of aromatic amines is 1. The first-order valence-electron chi connectivity index (χ1n) is 11.9. The van der Waals surface area contributed by atoms with Crippen molar-refractivity contribution >= 4 is 23.1 Å². The largest absolute Gasteiger partial charge is 0.473 e. The lowest BCUT2D eigenvalue weighted by Crippen LogP contribution is -2.32. The van der Waals surface area contributed by atoms with Crippen LogP contribution in [-0.2, 0) is 13.6 Å². The summed E-state index contributed by atoms with van der Waals surface area (Å²) in [7, 11) is 3.96. The third-order valence-corrected chi connectivity index (χ3v) is 6.53. The Labute approximate surface area is 204 Å². The molecule has 0 amide bonds. The van der Waals surface area contributed by atoms with E-state index in [1.54, 1.807) is 10.9 Å². The van der Waals surface area contributed by atoms with Crippen molar-refractivity contribution in [3.8, 4) is 17.1 Å². The molecule has 10 nitrogen and oxygen atoms in total. The second kappa shape index (κ2) is 8.94. The number of hydrogen-bond acceptors (Lipinski definition) is 7. The second-order valence-corrected chi connectivity index (χ2v) is 9.49. The lowest BCUT2D eigenvalue weighted by molar-refractivity contribution is 0.145. The molecule has 10 heteroatoms. The minimum atomic E-state index is -0.130. The van der Waals surface area contributed by atoms with Crippen molar-refractivity contribution in [1.82, 2.24) is 39.6 Å². The van der Waals surface area contributed by atoms with Crippen LogP contribution in [0.3, 0.4) is 0 Å². The molecule has 2 unspecified atom stereocenters. The molecule has 4 aromatic rings. The third-order valence-electron chi connectivity index (χ3n) is 6.53. The summed E-state index contributed by atoms with van der Waals surface area (Å²) in [6.07, 6.45) is 5.79. The Balaban J connectivity index is 1.71. The number of likely N-dealkylation sites (N-methyl/N-ethyl adjacent to an activating group) is 1. The van der Waals surface area contributed by atoms with E-state index in [1.165, 1.54) is 0 Å². The Morgan fingerprint density at radius 1 is 1.20 bits per heavy atom. The van der Waals surface area contributed by atoms with Crippen molar-refractivity contribution in [3.63, 3.8) is 0 Å². The molecule has 184 valence electrons. The van der Waals surface area contributed by atoms with Crippen molar-refractivity contribution in [2.75, 3.05) is 20.2 Å². The molecule has 5 heterocycles. The zero-order chi connectivity index (χ0) is 24.9. The van der Waals surface area contributed by atoms with E-state index in [0.29, 0.717) is 19.0 Å². The second-order valence-electron chi connectivity index (χ2n) is 9.49. The predicted octanol–water partition coefficient (Wildman–Crippen LogP) is 3.11. The van der Waals surface area contributed by atoms with Gasteiger partial charge in [-0.2, -0.15) is 15.3 Å². The van der Waals surface area contributed by atoms with E-state index in [4.69, 9.17) is 14.8 Å². The van der Waals surface area contributed by atoms with Gasteiger partial charge in [0.2, 0.25) is 5.88 Å². The number of ether oxygens (including phenoxy) is 1. The highest BCUT2D eigenvalue weighted by Crippen LogP contribution is 2.34. The lowest BCUT2D eigenvalue weighted by atomic mass is 10.1. The molecule has 1 aliphatic rings. The van der Waals surface area contributed by atoms with Gasteiger partial charge in [0.05, 0.1) is 58.4 Å². The Morgan fingerprint density at radius 2 is 2.00 bits per heavy atom. The Morgan fingerprint density at radius 3 is 2.77 bits per heavy atom. The Hall–Kier alpha value is -3.50. The normalized spacial score (nSPS) is 18.5. The monoisotopic (exact) mass is 476 g/mol. The molecule has 2 N–H and O–H groups in total. The van der Waals surface area contributed by atoms with Gasteiger partial charge in [0.25, 0.3) is 0 Å². The third kappa shape index (κ3) is 4.12. The van der Waals surface area contributed by atoms with Crippen molar-refractivity contribution < 1.29 is 9.84 Å². The van der Waals surface area contributed by atoms with Gasteiger partial charge < -0.3 is 9.84 Å². The highest BCUT2D eigenvalue weighted by molar-refractivity contribution is 5.92. The topological polar surface area (TPSA) is 110 Å². The highest BCUT2D eigenvalue weighted by Gasteiger charge is 2.24. The Kier molecular flexibility index (Phi) is 5.94. The maximum Gasteiger partial charge on any atom is 0.221 e. The summed E-state index contributed by atoms with van der Waals surface area (Å²) in [6.45, 7) is 9.37. The van der Waals surface area contributed by atoms with Gasteiger partial charge in [-0.25, -0.2) is 4.68 Å². The first kappa shape index (κ1) is 23.3. The highest BCUT2D eigenvalue weighted by atomic mass is 16.5. The lowest BCUT2D eigenvalue weighted by Gasteiger charge is -2.24. The van der Waals surface area contributed by atoms with Crippen LogP contribution in [0.5, 0.6) is 5.88 Å². The van der Waals surface area contributed by atoms with Crippen LogP contribution in [0.1, 0.15) is 48.2 Å². The van der Waals surface area contributed by atoms with E-state index < -0.39 is 0 Å². The SMILES string of the molecule is Cc1nn(C(C)CO)c2c1/C=C/c1n[nH]c3cnc(cc13)-c1c(C)nn(C)c1OC(C)CN(C)C2. The number of H-pyrrole nitrogens is 1. The van der Waals surface area contributed by atoms with Crippen molar-refractivity contribution in [3.05, 3.63) is 40.6 Å². The Bertz CT molecular complexity index is 1410. The average molecular weight is 477 g/mol. The van der Waals surface area contributed by atoms with E-state index in [-0.39, 0.29) is 18.8 Å². The van der Waals surface area contributed by atoms with Gasteiger partial charge in [-0.1, -0.05) is 0 Å². The molecular formula is C25H32N8O2. The summed E-state index contributed by atoms with van der Waals surface area (Å²) in [5.41, 5.74) is 7.22. The number of fused-ring (bicyclic) bond motifs is 4. The molecule has 35 heavy (non-hydrogen) atoms. The predicted molar refractivity (Wildman–Crippen MR) is 135 cm³/mol. The van der Waals surface area contributed by atoms with Crippen LogP contribution in [0.2, 0.25) is 0 Å². The van der Waals surface area contributed by atoms with Crippen molar-refractivity contribution in [1.29, 1.82) is 0 Å². The summed E-state index contributed by atoms with van der Waals surface area (Å²) >= 11 is 0. The van der Waals surface area contributed by atoms with E-state index >= 15 is 0 Å². The fourth-order valence-electron chi connectivity index (χ4n) is 4.84. The van der Waals surface area contributed by atoms with Gasteiger partial charge in [-0.15, -0.1) is 0 Å². The molecule has 0 spiro atoms. The van der Waals surface area contributed by atoms with Crippen molar-refractivity contribution in [2.24, 2.45) is 7.05 Å². The molecule has 0 aromatic carbocycles. The van der Waals surface area contributed by atoms with Crippen LogP contribution < -0.4 is 4.74 Å². The smallest absolute Gasteiger partial charge is 0.221 e. The number of aryl methyl sites for hydroxylation is 3. The molecule has 0 aliphatic carbocycles. The summed E-state index contributed by atoms with van der Waals surface area (Å²) in [5, 5.41) is 27.8. The molecule has 4 aromatic heterocycles. The number of nitrogens with zero attached hydrogens (tertiary/aromatic N) is 7. The molecule has 0 fully saturated rings. The molecule has 0 saturated heterocycles. The number of rotatable bonds is 2. The minimum Gasteiger partial charge on any atom is -0.473 e. The summed E-state index contributed by atoms with van der Waals surface area (Å²) in [5.74, 6) is 0.696. The maximum absolute atomic E-state index is 9.85. The van der Waals surface area contributed by atoms with E-state index in [2.05, 4.69) is 40.2 Å². The molecule has 1 aliphatic heterocycles. The van der Waals surface area contributed by atoms with E-state index in [9.17, 15) is 5.11 Å². The standard InChI is InChI=1S/C25H32N8O2/c1-14(13-34)33-23-12-31(5)11-15(2)35-25-24(17(4)29-32(25)6)21-9-19-20(27-28-22(19)10-26-21)8-7-18(23)16(3)30-33/h7-10,14-15,34H,11-13H2,1-6H3,(H,27,28)/b8-7+. The summed E-state index contributed by atoms with van der Waals surface area (Å²) in [4.78, 5) is 6.91. The molecule has 5 rings (SSSR count). The van der Waals surface area contributed by atoms with Crippen LogP contribution >= 0.6 is 0 Å². The van der Waals surface area contributed by atoms with E-state index in [0.717, 1.165) is 50.5 Å². The van der Waals surface area contributed by atoms with Crippen molar-refractivity contribution in [2.45, 2.75) is 46.4 Å². The van der Waals surface area contributed by atoms with Gasteiger partial charge in [0, 0.05) is 31.1 Å². The number of aromatic nitrogens is 7. The molecular weight excluding hydrogens is 444 g/mol. The fraction of sp³-hybridized carbons (Fsp3) is 0.440. The quantitative estimate of drug-likeness (QED) is 0.457. The number of hydrogen-bond donors (Lipinski definition) is 2. The van der Waals surface area contributed by atoms with E-state index in [1.807, 2.05) is 44.6 Å². The molecule has 0 saturated carbocycles.